The van der Waals surface area contributed by atoms with Gasteiger partial charge in [-0.2, -0.15) is 5.10 Å². The van der Waals surface area contributed by atoms with E-state index in [9.17, 15) is 23.2 Å². The number of fused-ring (bicyclic) bond motifs is 1. The number of likely N-dealkylation sites (N-methyl/N-ethyl adjacent to an activating group) is 1. The average molecular weight is 925 g/mol. The Balaban J connectivity index is 0.000000169. The van der Waals surface area contributed by atoms with E-state index >= 15 is 0 Å². The number of likely N-dealkylation sites (tertiary alicyclic amines) is 2. The van der Waals surface area contributed by atoms with Crippen LogP contribution in [0.1, 0.15) is 77.9 Å². The quantitative estimate of drug-likeness (QED) is 0.117. The van der Waals surface area contributed by atoms with Gasteiger partial charge in [-0.3, -0.25) is 29.5 Å². The second-order valence-electron chi connectivity index (χ2n) is 19.1. The van der Waals surface area contributed by atoms with Crippen molar-refractivity contribution in [3.63, 3.8) is 0 Å². The summed E-state index contributed by atoms with van der Waals surface area (Å²) in [7, 11) is 0. The van der Waals surface area contributed by atoms with E-state index in [-0.39, 0.29) is 41.8 Å². The number of carbonyl (C=O) groups is 3. The van der Waals surface area contributed by atoms with Crippen molar-refractivity contribution in [3.8, 4) is 28.5 Å². The highest BCUT2D eigenvalue weighted by atomic mass is 19.1. The van der Waals surface area contributed by atoms with E-state index in [2.05, 4.69) is 73.2 Å². The van der Waals surface area contributed by atoms with Crippen LogP contribution in [0.2, 0.25) is 0 Å². The molecular formula is C46H58F2N14O5. The summed E-state index contributed by atoms with van der Waals surface area (Å²) in [6.07, 6.45) is 10.5. The molecule has 21 heteroatoms. The molecule has 4 saturated heterocycles. The van der Waals surface area contributed by atoms with E-state index in [0.29, 0.717) is 64.7 Å². The third kappa shape index (κ3) is 10.0. The predicted octanol–water partition coefficient (Wildman–Crippen LogP) is 4.41. The van der Waals surface area contributed by atoms with Gasteiger partial charge in [0, 0.05) is 76.9 Å². The lowest BCUT2D eigenvalue weighted by atomic mass is 9.96. The zero-order valence-electron chi connectivity index (χ0n) is 38.4. The lowest BCUT2D eigenvalue weighted by Gasteiger charge is -2.39. The monoisotopic (exact) mass is 924 g/mol. The molecule has 8 heterocycles. The zero-order valence-corrected chi connectivity index (χ0v) is 38.4. The van der Waals surface area contributed by atoms with Gasteiger partial charge in [0.1, 0.15) is 41.4 Å². The molecule has 0 radical (unpaired) electrons. The summed E-state index contributed by atoms with van der Waals surface area (Å²) in [5, 5.41) is 15.0. The van der Waals surface area contributed by atoms with E-state index in [1.54, 1.807) is 22.2 Å². The van der Waals surface area contributed by atoms with Crippen LogP contribution in [-0.4, -0.2) is 145 Å². The summed E-state index contributed by atoms with van der Waals surface area (Å²) < 4.78 is 43.4. The number of nitrogen functional groups attached to an aromatic ring is 1. The first-order chi connectivity index (χ1) is 32.3. The Kier molecular flexibility index (Phi) is 13.1. The number of piperazine rings is 1. The van der Waals surface area contributed by atoms with Gasteiger partial charge in [-0.25, -0.2) is 33.4 Å². The first kappa shape index (κ1) is 45.8. The number of anilines is 3. The lowest BCUT2D eigenvalue weighted by Crippen LogP contribution is -2.53. The molecule has 0 spiro atoms. The van der Waals surface area contributed by atoms with Crippen molar-refractivity contribution >= 4 is 46.5 Å². The van der Waals surface area contributed by atoms with Crippen molar-refractivity contribution in [2.45, 2.75) is 89.8 Å². The summed E-state index contributed by atoms with van der Waals surface area (Å²) in [6.45, 7) is 16.3. The fourth-order valence-corrected chi connectivity index (χ4v) is 9.21. The summed E-state index contributed by atoms with van der Waals surface area (Å²) in [6, 6.07) is 1.71. The summed E-state index contributed by atoms with van der Waals surface area (Å²) >= 11 is 0. The molecule has 4 aromatic heterocycles. The van der Waals surface area contributed by atoms with Crippen molar-refractivity contribution in [1.82, 2.24) is 54.9 Å². The first-order valence-electron chi connectivity index (χ1n) is 23.2. The van der Waals surface area contributed by atoms with E-state index in [1.807, 2.05) is 4.68 Å². The Bertz CT molecular complexity index is 2570. The van der Waals surface area contributed by atoms with Crippen molar-refractivity contribution in [3.05, 3.63) is 48.2 Å². The maximum absolute atomic E-state index is 14.8. The average Bonchev–Trinajstić information content (AvgIpc) is 3.91. The number of nitrogens with zero attached hydrogens (tertiary/aromatic N) is 11. The van der Waals surface area contributed by atoms with Gasteiger partial charge in [0.25, 0.3) is 0 Å². The van der Waals surface area contributed by atoms with Gasteiger partial charge in [0.2, 0.25) is 18.2 Å². The largest absolute Gasteiger partial charge is 0.485 e. The summed E-state index contributed by atoms with van der Waals surface area (Å²) in [5.74, 6) is 0.964. The molecule has 19 nitrogen and oxygen atoms in total. The van der Waals surface area contributed by atoms with Crippen LogP contribution in [0.4, 0.5) is 26.0 Å². The Labute approximate surface area is 386 Å². The second-order valence-corrected chi connectivity index (χ2v) is 19.1. The molecule has 5 aliphatic rings. The Hall–Kier alpha value is -6.35. The third-order valence-corrected chi connectivity index (χ3v) is 13.1. The summed E-state index contributed by atoms with van der Waals surface area (Å²) in [4.78, 5) is 60.1. The highest BCUT2D eigenvalue weighted by Gasteiger charge is 2.37. The number of halogens is 2. The molecule has 1 saturated carbocycles. The van der Waals surface area contributed by atoms with Crippen molar-refractivity contribution < 1.29 is 32.4 Å². The molecule has 0 bridgehead atoms. The van der Waals surface area contributed by atoms with E-state index in [1.165, 1.54) is 18.5 Å². The number of nitrogens with two attached hydrogens (primary N) is 1. The molecule has 1 unspecified atom stereocenters. The molecule has 5 fully saturated rings. The molecule has 5 aromatic rings. The number of hydrogen-bond acceptors (Lipinski definition) is 16. The number of hydrogen-bond donors (Lipinski definition) is 3. The number of benzene rings is 1. The number of piperidine rings is 2. The van der Waals surface area contributed by atoms with Crippen LogP contribution in [0.25, 0.3) is 33.8 Å². The molecule has 67 heavy (non-hydrogen) atoms. The highest BCUT2D eigenvalue weighted by Crippen LogP contribution is 2.48. The van der Waals surface area contributed by atoms with Gasteiger partial charge in [0.15, 0.2) is 34.6 Å². The van der Waals surface area contributed by atoms with Crippen molar-refractivity contribution in [2.75, 3.05) is 81.4 Å². The van der Waals surface area contributed by atoms with Gasteiger partial charge in [-0.05, 0) is 77.5 Å². The third-order valence-electron chi connectivity index (χ3n) is 13.1. The molecule has 4 N–H and O–H groups in total. The van der Waals surface area contributed by atoms with Crippen LogP contribution in [0.5, 0.6) is 5.75 Å². The van der Waals surface area contributed by atoms with Gasteiger partial charge in [0.05, 0.1) is 28.9 Å². The Morgan fingerprint density at radius 3 is 2.25 bits per heavy atom. The minimum Gasteiger partial charge on any atom is -0.485 e. The smallest absolute Gasteiger partial charge is 0.249 e. The maximum Gasteiger partial charge on any atom is 0.249 e. The molecule has 1 aliphatic carbocycles. The van der Waals surface area contributed by atoms with Crippen molar-refractivity contribution in [1.29, 1.82) is 0 Å². The molecule has 1 aromatic carbocycles. The zero-order chi connectivity index (χ0) is 47.0. The van der Waals surface area contributed by atoms with Crippen molar-refractivity contribution in [2.24, 2.45) is 5.92 Å². The fraction of sp³-hybridized carbons (Fsp3) is 0.543. The van der Waals surface area contributed by atoms with Crippen LogP contribution >= 0.6 is 0 Å². The van der Waals surface area contributed by atoms with Crippen LogP contribution in [0.3, 0.4) is 0 Å². The van der Waals surface area contributed by atoms with Crippen LogP contribution in [0, 0.1) is 17.6 Å². The van der Waals surface area contributed by atoms with Gasteiger partial charge >= 0.3 is 0 Å². The SMILES string of the molecule is CCN1CC(Oc2cnc(-c3c(-c4nn(C(C)(C)C)c5ncnc(N)c45)noc3C3CC3)nc2)C1.O=CN1CCC(CN2CCN(c3c(F)cc(NC4CCC(=O)NC4=O)cc3F)CC2)CC1. The molecule has 10 rings (SSSR count). The molecule has 1 atom stereocenters. The number of rotatable bonds is 12. The summed E-state index contributed by atoms with van der Waals surface area (Å²) in [5.41, 5.74) is 8.62. The van der Waals surface area contributed by atoms with Gasteiger partial charge < -0.3 is 30.1 Å². The Morgan fingerprint density at radius 2 is 1.63 bits per heavy atom. The molecule has 3 amide bonds. The first-order valence-corrected chi connectivity index (χ1v) is 23.2. The lowest BCUT2D eigenvalue weighted by molar-refractivity contribution is -0.133. The molecule has 4 aliphatic heterocycles. The maximum atomic E-state index is 14.8. The molecular weight excluding hydrogens is 867 g/mol. The number of aromatic nitrogens is 7. The van der Waals surface area contributed by atoms with E-state index in [4.69, 9.17) is 20.1 Å². The topological polar surface area (TPSA) is 219 Å². The number of carbonyl (C=O) groups excluding carboxylic acids is 3. The number of amides is 3. The standard InChI is InChI=1S/C24H29N9O2.C22H29F2N5O3/c1-5-32-10-15(11-32)34-14-8-26-22(27-9-14)16-19(31-35-20(16)13-6-7-13)18-17-21(25)28-12-29-23(17)33(30-18)24(2,3)4;23-17-11-16(25-19-1-2-20(31)26-22(19)32)12-18(24)21(17)29-9-7-27(8-10-29)13-15-3-5-28(14-30)6-4-15/h8-9,12-13,15H,5-7,10-11H2,1-4H3,(H2,25,28,29);11-12,14-15,19,25H,1-10,13H2,(H,26,31,32). The van der Waals surface area contributed by atoms with Gasteiger partial charge in [-0.15, -0.1) is 0 Å². The minimum atomic E-state index is -0.695. The highest BCUT2D eigenvalue weighted by molar-refractivity contribution is 6.02. The predicted molar refractivity (Wildman–Crippen MR) is 245 cm³/mol. The van der Waals surface area contributed by atoms with Crippen LogP contribution in [0.15, 0.2) is 35.4 Å². The Morgan fingerprint density at radius 1 is 0.925 bits per heavy atom. The normalized spacial score (nSPS) is 20.1. The fourth-order valence-electron chi connectivity index (χ4n) is 9.21. The van der Waals surface area contributed by atoms with Gasteiger partial charge in [-0.1, -0.05) is 12.1 Å². The number of nitrogens with one attached hydrogen (secondary N) is 2. The minimum absolute atomic E-state index is 0.0437. The molecule has 356 valence electrons. The number of imide groups is 1. The number of ether oxygens (including phenoxy) is 1. The van der Waals surface area contributed by atoms with Crippen LogP contribution < -0.4 is 26.0 Å². The second kappa shape index (κ2) is 19.1. The van der Waals surface area contributed by atoms with Crippen LogP contribution in [-0.2, 0) is 19.9 Å². The van der Waals surface area contributed by atoms with E-state index < -0.39 is 23.6 Å². The van der Waals surface area contributed by atoms with E-state index in [0.717, 1.165) is 95.8 Å².